The number of nitrogens with zero attached hydrogens (tertiary/aromatic N) is 3. The quantitative estimate of drug-likeness (QED) is 0.449. The van der Waals surface area contributed by atoms with E-state index in [0.717, 1.165) is 27.1 Å². The number of aromatic nitrogens is 2. The number of hydrogen-bond acceptors (Lipinski definition) is 5. The number of carbonyl (C=O) groups excluding carboxylic acids is 1. The second-order valence-electron chi connectivity index (χ2n) is 6.78. The van der Waals surface area contributed by atoms with Crippen molar-refractivity contribution in [3.63, 3.8) is 0 Å². The van der Waals surface area contributed by atoms with Crippen molar-refractivity contribution >= 4 is 27.7 Å². The number of hydrogen-bond donors (Lipinski definition) is 1. The van der Waals surface area contributed by atoms with Crippen molar-refractivity contribution < 1.29 is 18.0 Å². The summed E-state index contributed by atoms with van der Waals surface area (Å²) in [5.41, 5.74) is 4.01. The molecule has 3 aromatic rings. The number of carbonyl (C=O) groups is 1. The van der Waals surface area contributed by atoms with Gasteiger partial charge in [-0.2, -0.15) is 5.10 Å². The summed E-state index contributed by atoms with van der Waals surface area (Å²) < 4.78 is 27.0. The largest absolute Gasteiger partial charge is 0.323 e. The Hall–Kier alpha value is -3.27. The van der Waals surface area contributed by atoms with Gasteiger partial charge in [-0.3, -0.25) is 9.63 Å². The molecule has 1 aromatic heterocycles. The van der Waals surface area contributed by atoms with Gasteiger partial charge in [-0.05, 0) is 56.3 Å². The number of rotatable bonds is 7. The molecule has 1 heterocycles. The van der Waals surface area contributed by atoms with Gasteiger partial charge in [0.1, 0.15) is 0 Å². The first-order valence-electron chi connectivity index (χ1n) is 9.48. The molecule has 8 nitrogen and oxygen atoms in total. The number of para-hydroxylation sites is 1. The van der Waals surface area contributed by atoms with Gasteiger partial charge in [-0.25, -0.2) is 13.1 Å². The maximum atomic E-state index is 12.3. The first kappa shape index (κ1) is 22.4. The summed E-state index contributed by atoms with van der Waals surface area (Å²) in [6.07, 6.45) is 3.15. The summed E-state index contributed by atoms with van der Waals surface area (Å²) in [7, 11) is -1.16. The van der Waals surface area contributed by atoms with E-state index in [2.05, 4.69) is 10.4 Å². The Bertz CT molecular complexity index is 1200. The summed E-state index contributed by atoms with van der Waals surface area (Å²) in [6, 6.07) is 15.6. The van der Waals surface area contributed by atoms with Crippen LogP contribution in [0.4, 0.5) is 5.69 Å². The average molecular weight is 441 g/mol. The van der Waals surface area contributed by atoms with E-state index in [4.69, 9.17) is 4.84 Å². The summed E-state index contributed by atoms with van der Waals surface area (Å²) in [5, 5.41) is 7.28. The molecule has 0 aliphatic heterocycles. The average Bonchev–Trinajstić information content (AvgIpc) is 3.06. The van der Waals surface area contributed by atoms with Crippen LogP contribution in [0.25, 0.3) is 11.8 Å². The summed E-state index contributed by atoms with van der Waals surface area (Å²) in [4.78, 5) is 17.2. The maximum absolute atomic E-state index is 12.3. The van der Waals surface area contributed by atoms with Crippen LogP contribution >= 0.6 is 0 Å². The highest BCUT2D eigenvalue weighted by Gasteiger charge is 2.20. The summed E-state index contributed by atoms with van der Waals surface area (Å²) in [6.45, 7) is 3.83. The molecule has 1 amide bonds. The van der Waals surface area contributed by atoms with E-state index in [9.17, 15) is 13.2 Å². The zero-order valence-corrected chi connectivity index (χ0v) is 18.6. The minimum absolute atomic E-state index is 0.0602. The number of anilines is 1. The van der Waals surface area contributed by atoms with Gasteiger partial charge in [0.25, 0.3) is 10.0 Å². The van der Waals surface area contributed by atoms with E-state index in [1.807, 2.05) is 48.9 Å². The van der Waals surface area contributed by atoms with Gasteiger partial charge >= 0.3 is 0 Å². The number of benzene rings is 2. The zero-order valence-electron chi connectivity index (χ0n) is 17.7. The molecule has 162 valence electrons. The topological polar surface area (TPSA) is 93.5 Å². The highest BCUT2D eigenvalue weighted by Crippen LogP contribution is 2.20. The van der Waals surface area contributed by atoms with Gasteiger partial charge in [-0.1, -0.05) is 22.7 Å². The first-order valence-corrected chi connectivity index (χ1v) is 10.9. The Balaban J connectivity index is 1.72. The fourth-order valence-electron chi connectivity index (χ4n) is 3.02. The summed E-state index contributed by atoms with van der Waals surface area (Å²) >= 11 is 0. The molecular weight excluding hydrogens is 416 g/mol. The Labute approximate surface area is 181 Å². The zero-order chi connectivity index (χ0) is 22.6. The fourth-order valence-corrected chi connectivity index (χ4v) is 3.99. The van der Waals surface area contributed by atoms with Crippen LogP contribution in [0.15, 0.2) is 65.6 Å². The maximum Gasteiger partial charge on any atom is 0.264 e. The van der Waals surface area contributed by atoms with E-state index in [0.29, 0.717) is 5.69 Å². The SMILES string of the molecule is CON(C)S(=O)(=O)c1ccc(NC(=O)/C=C/c2c(C)nn(-c3ccccc3)c2C)cc1. The second-order valence-corrected chi connectivity index (χ2v) is 8.71. The van der Waals surface area contributed by atoms with Crippen LogP contribution in [0.3, 0.4) is 0 Å². The standard InChI is InChI=1S/C22H24N4O4S/c1-16-21(17(2)26(24-16)19-8-6-5-7-9-19)14-15-22(27)23-18-10-12-20(13-11-18)31(28,29)25(3)30-4/h5-15H,1-4H3,(H,23,27)/b15-14+. The molecule has 0 bridgehead atoms. The number of sulfonamides is 1. The van der Waals surface area contributed by atoms with Crippen LogP contribution in [0.5, 0.6) is 0 Å². The molecule has 0 unspecified atom stereocenters. The van der Waals surface area contributed by atoms with Crippen LogP contribution in [0.2, 0.25) is 0 Å². The van der Waals surface area contributed by atoms with Crippen molar-refractivity contribution in [2.75, 3.05) is 19.5 Å². The van der Waals surface area contributed by atoms with Crippen LogP contribution in [0.1, 0.15) is 17.0 Å². The highest BCUT2D eigenvalue weighted by molar-refractivity contribution is 7.89. The van der Waals surface area contributed by atoms with Crippen LogP contribution in [-0.4, -0.2) is 42.7 Å². The lowest BCUT2D eigenvalue weighted by atomic mass is 10.2. The van der Waals surface area contributed by atoms with Crippen LogP contribution < -0.4 is 5.32 Å². The van der Waals surface area contributed by atoms with Crippen molar-refractivity contribution in [2.45, 2.75) is 18.7 Å². The van der Waals surface area contributed by atoms with Gasteiger partial charge in [0.2, 0.25) is 5.91 Å². The van der Waals surface area contributed by atoms with Crippen molar-refractivity contribution in [1.29, 1.82) is 0 Å². The molecule has 3 rings (SSSR count). The molecule has 0 radical (unpaired) electrons. The minimum Gasteiger partial charge on any atom is -0.323 e. The number of amides is 1. The molecule has 2 aromatic carbocycles. The van der Waals surface area contributed by atoms with Gasteiger partial charge in [-0.15, -0.1) is 0 Å². The molecule has 0 saturated heterocycles. The predicted octanol–water partition coefficient (Wildman–Crippen LogP) is 3.32. The molecular formula is C22H24N4O4S. The van der Waals surface area contributed by atoms with E-state index in [1.165, 1.54) is 44.5 Å². The minimum atomic E-state index is -3.74. The van der Waals surface area contributed by atoms with Gasteiger partial charge in [0.05, 0.1) is 23.4 Å². The third-order valence-electron chi connectivity index (χ3n) is 4.76. The lowest BCUT2D eigenvalue weighted by molar-refractivity contribution is -0.111. The van der Waals surface area contributed by atoms with Crippen LogP contribution in [-0.2, 0) is 19.7 Å². The molecule has 0 spiro atoms. The lowest BCUT2D eigenvalue weighted by Gasteiger charge is -2.14. The molecule has 31 heavy (non-hydrogen) atoms. The van der Waals surface area contributed by atoms with Gasteiger partial charge in [0, 0.05) is 30.1 Å². The number of hydroxylamine groups is 1. The van der Waals surface area contributed by atoms with E-state index >= 15 is 0 Å². The smallest absolute Gasteiger partial charge is 0.264 e. The molecule has 0 saturated carbocycles. The Morgan fingerprint density at radius 3 is 2.35 bits per heavy atom. The second kappa shape index (κ2) is 9.25. The molecule has 0 aliphatic rings. The van der Waals surface area contributed by atoms with Crippen molar-refractivity contribution in [1.82, 2.24) is 14.2 Å². The van der Waals surface area contributed by atoms with E-state index in [1.54, 1.807) is 6.08 Å². The first-order chi connectivity index (χ1) is 14.7. The van der Waals surface area contributed by atoms with Crippen molar-refractivity contribution in [3.05, 3.63) is 77.6 Å². The monoisotopic (exact) mass is 440 g/mol. The fraction of sp³-hybridized carbons (Fsp3) is 0.182. The number of nitrogens with one attached hydrogen (secondary N) is 1. The normalized spacial score (nSPS) is 11.9. The molecule has 1 N–H and O–H groups in total. The van der Waals surface area contributed by atoms with E-state index < -0.39 is 10.0 Å². The summed E-state index contributed by atoms with van der Waals surface area (Å²) in [5.74, 6) is -0.337. The van der Waals surface area contributed by atoms with Crippen LogP contribution in [0, 0.1) is 13.8 Å². The van der Waals surface area contributed by atoms with Gasteiger partial charge in [0.15, 0.2) is 0 Å². The number of aryl methyl sites for hydroxylation is 1. The Morgan fingerprint density at radius 1 is 1.10 bits per heavy atom. The Morgan fingerprint density at radius 2 is 1.74 bits per heavy atom. The van der Waals surface area contributed by atoms with Crippen molar-refractivity contribution in [2.24, 2.45) is 0 Å². The third kappa shape index (κ3) is 4.91. The van der Waals surface area contributed by atoms with Gasteiger partial charge < -0.3 is 5.32 Å². The van der Waals surface area contributed by atoms with E-state index in [-0.39, 0.29) is 10.8 Å². The Kier molecular flexibility index (Phi) is 6.69. The lowest BCUT2D eigenvalue weighted by Crippen LogP contribution is -2.25. The molecule has 9 heteroatoms. The predicted molar refractivity (Wildman–Crippen MR) is 119 cm³/mol. The third-order valence-corrected chi connectivity index (χ3v) is 6.46. The molecule has 0 fully saturated rings. The van der Waals surface area contributed by atoms with Crippen molar-refractivity contribution in [3.8, 4) is 5.69 Å². The molecule has 0 atom stereocenters. The molecule has 0 aliphatic carbocycles. The highest BCUT2D eigenvalue weighted by atomic mass is 32.2.